The summed E-state index contributed by atoms with van der Waals surface area (Å²) < 4.78 is 58.2. The van der Waals surface area contributed by atoms with Gasteiger partial charge in [-0.05, 0) is 25.7 Å². The van der Waals surface area contributed by atoms with E-state index in [0.717, 1.165) is 0 Å². The molecule has 3 fully saturated rings. The fourth-order valence-corrected chi connectivity index (χ4v) is 4.34. The molecule has 10 heteroatoms. The molecule has 0 aromatic carbocycles. The Kier molecular flexibility index (Phi) is 5.67. The van der Waals surface area contributed by atoms with Gasteiger partial charge in [-0.1, -0.05) is 27.7 Å². The molecule has 3 rings (SSSR count). The van der Waals surface area contributed by atoms with Gasteiger partial charge in [-0.2, -0.15) is 8.42 Å². The number of fused-ring (bicyclic) bond motifs is 3. The Bertz CT molecular complexity index is 618. The average Bonchev–Trinajstić information content (AvgIpc) is 3.16. The van der Waals surface area contributed by atoms with Crippen LogP contribution in [0.3, 0.4) is 0 Å². The smallest absolute Gasteiger partial charge is 0.343 e. The lowest BCUT2D eigenvalue weighted by Gasteiger charge is -2.40. The van der Waals surface area contributed by atoms with Crippen LogP contribution in [0.1, 0.15) is 53.4 Å². The number of hydrogen-bond acceptors (Lipinski definition) is 8. The van der Waals surface area contributed by atoms with Gasteiger partial charge in [-0.25, -0.2) is 0 Å². The molecule has 3 aliphatic heterocycles. The van der Waals surface area contributed by atoms with Gasteiger partial charge in [0.25, 0.3) is 0 Å². The van der Waals surface area contributed by atoms with Crippen molar-refractivity contribution in [1.29, 1.82) is 0 Å². The van der Waals surface area contributed by atoms with Crippen molar-refractivity contribution in [2.24, 2.45) is 0 Å². The molecule has 0 aromatic heterocycles. The fourth-order valence-electron chi connectivity index (χ4n) is 3.90. The van der Waals surface area contributed by atoms with Crippen LogP contribution in [0.4, 0.5) is 0 Å². The third kappa shape index (κ3) is 3.53. The van der Waals surface area contributed by atoms with Crippen molar-refractivity contribution in [3.8, 4) is 0 Å². The minimum atomic E-state index is -4.19. The molecule has 0 unspecified atom stereocenters. The molecule has 0 N–H and O–H groups in total. The van der Waals surface area contributed by atoms with Gasteiger partial charge in [0, 0.05) is 10.7 Å². The predicted molar refractivity (Wildman–Crippen MR) is 91.7 cm³/mol. The maximum Gasteiger partial charge on any atom is 0.355 e. The molecule has 4 atom stereocenters. The average molecular weight is 415 g/mol. The van der Waals surface area contributed by atoms with Crippen LogP contribution < -0.4 is 0 Å². The lowest BCUT2D eigenvalue weighted by molar-refractivity contribution is -0.296. The molecule has 0 spiro atoms. The predicted octanol–water partition coefficient (Wildman–Crippen LogP) is 2.45. The van der Waals surface area contributed by atoms with E-state index in [2.05, 4.69) is 0 Å². The quantitative estimate of drug-likeness (QED) is 0.587. The Morgan fingerprint density at radius 3 is 2.15 bits per heavy atom. The van der Waals surface area contributed by atoms with Crippen molar-refractivity contribution in [1.82, 2.24) is 0 Å². The monoisotopic (exact) mass is 414 g/mol. The van der Waals surface area contributed by atoms with Crippen LogP contribution in [0, 0.1) is 0 Å². The van der Waals surface area contributed by atoms with Gasteiger partial charge in [0.05, 0.1) is 6.61 Å². The highest BCUT2D eigenvalue weighted by molar-refractivity contribution is 8.09. The summed E-state index contributed by atoms with van der Waals surface area (Å²) in [6, 6.07) is 0. The van der Waals surface area contributed by atoms with E-state index in [9.17, 15) is 8.42 Å². The molecule has 3 heterocycles. The summed E-state index contributed by atoms with van der Waals surface area (Å²) in [6.45, 7) is 7.61. The van der Waals surface area contributed by atoms with E-state index in [4.69, 9.17) is 38.5 Å². The second kappa shape index (κ2) is 7.11. The molecule has 0 amide bonds. The van der Waals surface area contributed by atoms with Crippen LogP contribution in [0.2, 0.25) is 0 Å². The minimum absolute atomic E-state index is 0.182. The SMILES string of the molecule is CCC1(CC)O[C@@H]2[C@@H](CO[C@@]3(COS(=O)(=O)Cl)OC(CC)(CC)O[C@@H]23)O1. The normalized spacial score (nSPS) is 38.1. The van der Waals surface area contributed by atoms with E-state index < -0.39 is 45.5 Å². The Hall–Kier alpha value is -0.0000000000000000694. The van der Waals surface area contributed by atoms with Gasteiger partial charge < -0.3 is 23.7 Å². The molecule has 26 heavy (non-hydrogen) atoms. The summed E-state index contributed by atoms with van der Waals surface area (Å²) in [7, 11) is 1.03. The highest BCUT2D eigenvalue weighted by Crippen LogP contribution is 2.50. The number of hydrogen-bond donors (Lipinski definition) is 0. The fraction of sp³-hybridized carbons (Fsp3) is 1.00. The standard InChI is InChI=1S/C16H27ClO8S/c1-5-14(6-2)22-11-9-20-16(10-21-26(17,18)19)13(12(11)23-14)24-15(7-3,8-4)25-16/h11-13H,5-10H2,1-4H3/t11-,12-,13+,16+/m1/s1. The Balaban J connectivity index is 1.92. The van der Waals surface area contributed by atoms with Crippen molar-refractivity contribution in [2.75, 3.05) is 13.2 Å². The molecule has 0 radical (unpaired) electrons. The largest absolute Gasteiger partial charge is 0.355 e. The van der Waals surface area contributed by atoms with Crippen molar-refractivity contribution in [3.63, 3.8) is 0 Å². The van der Waals surface area contributed by atoms with Crippen LogP contribution >= 0.6 is 10.7 Å². The lowest BCUT2D eigenvalue weighted by atomic mass is 9.97. The van der Waals surface area contributed by atoms with E-state index in [1.54, 1.807) is 0 Å². The van der Waals surface area contributed by atoms with Gasteiger partial charge in [-0.15, -0.1) is 0 Å². The van der Waals surface area contributed by atoms with Crippen molar-refractivity contribution < 1.29 is 36.3 Å². The molecule has 0 bridgehead atoms. The summed E-state index contributed by atoms with van der Waals surface area (Å²) >= 11 is 0. The number of ether oxygens (including phenoxy) is 5. The first-order chi connectivity index (χ1) is 12.2. The van der Waals surface area contributed by atoms with Gasteiger partial charge in [0.1, 0.15) is 24.9 Å². The zero-order valence-corrected chi connectivity index (χ0v) is 17.1. The highest BCUT2D eigenvalue weighted by Gasteiger charge is 2.67. The van der Waals surface area contributed by atoms with Gasteiger partial charge in [-0.3, -0.25) is 4.18 Å². The van der Waals surface area contributed by atoms with Crippen molar-refractivity contribution >= 4 is 20.0 Å². The second-order valence-corrected chi connectivity index (χ2v) is 9.05. The Labute approximate surface area is 159 Å². The molecule has 0 aliphatic carbocycles. The Morgan fingerprint density at radius 1 is 1.00 bits per heavy atom. The summed E-state index contributed by atoms with van der Waals surface area (Å²) in [6.07, 6.45) is 0.999. The maximum atomic E-state index is 11.3. The molecule has 0 aromatic rings. The van der Waals surface area contributed by atoms with Crippen LogP contribution in [-0.4, -0.2) is 57.3 Å². The number of halogens is 1. The number of rotatable bonds is 7. The summed E-state index contributed by atoms with van der Waals surface area (Å²) in [5.41, 5.74) is 0. The third-order valence-corrected chi connectivity index (χ3v) is 6.23. The maximum absolute atomic E-state index is 11.3. The van der Waals surface area contributed by atoms with Gasteiger partial charge in [0.2, 0.25) is 5.79 Å². The topological polar surface area (TPSA) is 89.5 Å². The molecule has 0 saturated carbocycles. The summed E-state index contributed by atoms with van der Waals surface area (Å²) in [5, 5.41) is 0. The summed E-state index contributed by atoms with van der Waals surface area (Å²) in [5.74, 6) is -3.04. The van der Waals surface area contributed by atoms with Crippen molar-refractivity contribution in [2.45, 2.75) is 89.1 Å². The van der Waals surface area contributed by atoms with Crippen LogP contribution in [0.15, 0.2) is 0 Å². The van der Waals surface area contributed by atoms with Gasteiger partial charge >= 0.3 is 9.33 Å². The van der Waals surface area contributed by atoms with Crippen LogP contribution in [0.25, 0.3) is 0 Å². The minimum Gasteiger partial charge on any atom is -0.343 e. The zero-order chi connectivity index (χ0) is 19.2. The first-order valence-electron chi connectivity index (χ1n) is 9.12. The van der Waals surface area contributed by atoms with Crippen LogP contribution in [0.5, 0.6) is 0 Å². The molecule has 8 nitrogen and oxygen atoms in total. The van der Waals surface area contributed by atoms with Crippen molar-refractivity contribution in [3.05, 3.63) is 0 Å². The third-order valence-electron chi connectivity index (χ3n) is 5.56. The first-order valence-corrected chi connectivity index (χ1v) is 11.4. The molecular formula is C16H27ClO8S. The Morgan fingerprint density at radius 2 is 1.62 bits per heavy atom. The first kappa shape index (κ1) is 20.7. The van der Waals surface area contributed by atoms with Crippen LogP contribution in [-0.2, 0) is 37.2 Å². The van der Waals surface area contributed by atoms with E-state index in [-0.39, 0.29) is 12.7 Å². The molecule has 3 aliphatic rings. The van der Waals surface area contributed by atoms with E-state index >= 15 is 0 Å². The second-order valence-electron chi connectivity index (χ2n) is 6.89. The summed E-state index contributed by atoms with van der Waals surface area (Å²) in [4.78, 5) is 0. The zero-order valence-electron chi connectivity index (χ0n) is 15.5. The lowest BCUT2D eigenvalue weighted by Crippen LogP contribution is -2.60. The highest BCUT2D eigenvalue weighted by atomic mass is 35.7. The van der Waals surface area contributed by atoms with E-state index in [1.807, 2.05) is 27.7 Å². The molecule has 152 valence electrons. The van der Waals surface area contributed by atoms with E-state index in [0.29, 0.717) is 25.7 Å². The molecular weight excluding hydrogens is 388 g/mol. The molecule has 3 saturated heterocycles. The van der Waals surface area contributed by atoms with E-state index in [1.165, 1.54) is 0 Å². The van der Waals surface area contributed by atoms with Gasteiger partial charge in [0.15, 0.2) is 11.6 Å².